The second kappa shape index (κ2) is 8.41. The minimum atomic E-state index is -0.0858. The summed E-state index contributed by atoms with van der Waals surface area (Å²) in [4.78, 5) is 14.5. The highest BCUT2D eigenvalue weighted by atomic mass is 35.5. The van der Waals surface area contributed by atoms with E-state index < -0.39 is 0 Å². The third kappa shape index (κ3) is 4.89. The average Bonchev–Trinajstić information content (AvgIpc) is 2.53. The van der Waals surface area contributed by atoms with Gasteiger partial charge in [-0.15, -0.1) is 0 Å². The van der Waals surface area contributed by atoms with Gasteiger partial charge in [0.25, 0.3) is 0 Å². The molecule has 0 aromatic heterocycles. The largest absolute Gasteiger partial charge is 0.369 e. The molecule has 0 fully saturated rings. The quantitative estimate of drug-likeness (QED) is 0.742. The number of halogens is 2. The SMILES string of the molecule is CCN(c1ccc(NC(=O)Cc2ccc(Cl)c(Cl)c2)cc1)C(C)C. The summed E-state index contributed by atoms with van der Waals surface area (Å²) in [6, 6.07) is 13.6. The molecule has 0 saturated carbocycles. The third-order valence-electron chi connectivity index (χ3n) is 3.80. The average molecular weight is 365 g/mol. The van der Waals surface area contributed by atoms with Crippen LogP contribution in [0.3, 0.4) is 0 Å². The third-order valence-corrected chi connectivity index (χ3v) is 4.53. The summed E-state index contributed by atoms with van der Waals surface area (Å²) < 4.78 is 0. The van der Waals surface area contributed by atoms with Crippen molar-refractivity contribution >= 4 is 40.5 Å². The number of amides is 1. The minimum Gasteiger partial charge on any atom is -0.369 e. The molecule has 5 heteroatoms. The molecule has 0 aliphatic carbocycles. The fourth-order valence-corrected chi connectivity index (χ4v) is 2.94. The molecular weight excluding hydrogens is 343 g/mol. The summed E-state index contributed by atoms with van der Waals surface area (Å²) in [7, 11) is 0. The van der Waals surface area contributed by atoms with Gasteiger partial charge >= 0.3 is 0 Å². The first-order valence-corrected chi connectivity index (χ1v) is 8.76. The van der Waals surface area contributed by atoms with E-state index in [-0.39, 0.29) is 12.3 Å². The Morgan fingerprint density at radius 1 is 1.08 bits per heavy atom. The minimum absolute atomic E-state index is 0.0858. The van der Waals surface area contributed by atoms with Crippen molar-refractivity contribution in [3.63, 3.8) is 0 Å². The van der Waals surface area contributed by atoms with Gasteiger partial charge in [0.2, 0.25) is 5.91 Å². The molecule has 0 spiro atoms. The molecular formula is C19H22Cl2N2O. The molecule has 0 aliphatic rings. The first kappa shape index (κ1) is 18.6. The summed E-state index contributed by atoms with van der Waals surface area (Å²) in [6.45, 7) is 7.40. The van der Waals surface area contributed by atoms with Crippen molar-refractivity contribution in [2.24, 2.45) is 0 Å². The number of carbonyl (C=O) groups excluding carboxylic acids is 1. The van der Waals surface area contributed by atoms with Gasteiger partial charge in [0.1, 0.15) is 0 Å². The molecule has 0 aliphatic heterocycles. The van der Waals surface area contributed by atoms with Crippen LogP contribution in [0.4, 0.5) is 11.4 Å². The highest BCUT2D eigenvalue weighted by Gasteiger charge is 2.09. The molecule has 3 nitrogen and oxygen atoms in total. The number of hydrogen-bond donors (Lipinski definition) is 1. The van der Waals surface area contributed by atoms with E-state index in [1.165, 1.54) is 0 Å². The highest BCUT2D eigenvalue weighted by Crippen LogP contribution is 2.23. The van der Waals surface area contributed by atoms with E-state index in [0.29, 0.717) is 16.1 Å². The molecule has 0 radical (unpaired) electrons. The van der Waals surface area contributed by atoms with Crippen LogP contribution in [0, 0.1) is 0 Å². The fraction of sp³-hybridized carbons (Fsp3) is 0.316. The van der Waals surface area contributed by atoms with Gasteiger partial charge < -0.3 is 10.2 Å². The first-order chi connectivity index (χ1) is 11.4. The van der Waals surface area contributed by atoms with Gasteiger partial charge in [0.15, 0.2) is 0 Å². The number of carbonyl (C=O) groups is 1. The van der Waals surface area contributed by atoms with Crippen molar-refractivity contribution in [1.82, 2.24) is 0 Å². The highest BCUT2D eigenvalue weighted by molar-refractivity contribution is 6.42. The summed E-state index contributed by atoms with van der Waals surface area (Å²) in [5.74, 6) is -0.0858. The van der Waals surface area contributed by atoms with Crippen LogP contribution in [0.1, 0.15) is 26.3 Å². The Morgan fingerprint density at radius 3 is 2.29 bits per heavy atom. The number of rotatable bonds is 6. The zero-order valence-electron chi connectivity index (χ0n) is 14.1. The van der Waals surface area contributed by atoms with Crippen LogP contribution >= 0.6 is 23.2 Å². The van der Waals surface area contributed by atoms with Crippen LogP contribution in [-0.2, 0) is 11.2 Å². The number of benzene rings is 2. The van der Waals surface area contributed by atoms with Crippen molar-refractivity contribution in [3.05, 3.63) is 58.1 Å². The lowest BCUT2D eigenvalue weighted by Gasteiger charge is -2.27. The summed E-state index contributed by atoms with van der Waals surface area (Å²) in [6.07, 6.45) is 0.256. The number of anilines is 2. The standard InChI is InChI=1S/C19H22Cl2N2O/c1-4-23(13(2)3)16-8-6-15(7-9-16)22-19(24)12-14-5-10-17(20)18(21)11-14/h5-11,13H,4,12H2,1-3H3,(H,22,24). The Morgan fingerprint density at radius 2 is 1.75 bits per heavy atom. The van der Waals surface area contributed by atoms with Crippen molar-refractivity contribution in [3.8, 4) is 0 Å². The Balaban J connectivity index is 2.00. The van der Waals surface area contributed by atoms with Crippen molar-refractivity contribution in [1.29, 1.82) is 0 Å². The van der Waals surface area contributed by atoms with Crippen LogP contribution in [0.2, 0.25) is 10.0 Å². The van der Waals surface area contributed by atoms with E-state index in [1.807, 2.05) is 24.3 Å². The molecule has 2 aromatic rings. The molecule has 0 atom stereocenters. The van der Waals surface area contributed by atoms with Crippen LogP contribution in [0.25, 0.3) is 0 Å². The summed E-state index contributed by atoms with van der Waals surface area (Å²) >= 11 is 11.9. The second-order valence-corrected chi connectivity index (χ2v) is 6.71. The van der Waals surface area contributed by atoms with E-state index in [2.05, 4.69) is 31.0 Å². The Hall–Kier alpha value is -1.71. The number of nitrogens with one attached hydrogen (secondary N) is 1. The Kier molecular flexibility index (Phi) is 6.52. The van der Waals surface area contributed by atoms with E-state index in [9.17, 15) is 4.79 Å². The van der Waals surface area contributed by atoms with Crippen LogP contribution in [0.15, 0.2) is 42.5 Å². The molecule has 24 heavy (non-hydrogen) atoms. The lowest BCUT2D eigenvalue weighted by Crippen LogP contribution is -2.30. The maximum absolute atomic E-state index is 12.2. The van der Waals surface area contributed by atoms with Gasteiger partial charge in [-0.3, -0.25) is 4.79 Å². The van der Waals surface area contributed by atoms with E-state index >= 15 is 0 Å². The maximum Gasteiger partial charge on any atom is 0.228 e. The van der Waals surface area contributed by atoms with Crippen molar-refractivity contribution in [2.75, 3.05) is 16.8 Å². The smallest absolute Gasteiger partial charge is 0.228 e. The summed E-state index contributed by atoms with van der Waals surface area (Å²) in [5, 5.41) is 3.85. The van der Waals surface area contributed by atoms with E-state index in [0.717, 1.165) is 23.5 Å². The zero-order chi connectivity index (χ0) is 17.7. The van der Waals surface area contributed by atoms with Gasteiger partial charge in [0, 0.05) is 24.0 Å². The number of nitrogens with zero attached hydrogens (tertiary/aromatic N) is 1. The maximum atomic E-state index is 12.2. The van der Waals surface area contributed by atoms with E-state index in [1.54, 1.807) is 18.2 Å². The Labute approximate surface area is 153 Å². The monoisotopic (exact) mass is 364 g/mol. The summed E-state index contributed by atoms with van der Waals surface area (Å²) in [5.41, 5.74) is 2.76. The normalized spacial score (nSPS) is 10.8. The first-order valence-electron chi connectivity index (χ1n) is 8.01. The molecule has 2 rings (SSSR count). The molecule has 0 heterocycles. The number of hydrogen-bond acceptors (Lipinski definition) is 2. The molecule has 1 N–H and O–H groups in total. The molecule has 0 saturated heterocycles. The van der Waals surface area contributed by atoms with Crippen molar-refractivity contribution < 1.29 is 4.79 Å². The van der Waals surface area contributed by atoms with Crippen LogP contribution in [0.5, 0.6) is 0 Å². The van der Waals surface area contributed by atoms with Gasteiger partial charge in [-0.1, -0.05) is 29.3 Å². The van der Waals surface area contributed by atoms with Crippen molar-refractivity contribution in [2.45, 2.75) is 33.2 Å². The lowest BCUT2D eigenvalue weighted by molar-refractivity contribution is -0.115. The predicted molar refractivity (Wildman–Crippen MR) is 103 cm³/mol. The molecule has 0 bridgehead atoms. The van der Waals surface area contributed by atoms with Gasteiger partial charge in [-0.2, -0.15) is 0 Å². The second-order valence-electron chi connectivity index (χ2n) is 5.90. The van der Waals surface area contributed by atoms with Crippen LogP contribution < -0.4 is 10.2 Å². The zero-order valence-corrected chi connectivity index (χ0v) is 15.7. The Bertz CT molecular complexity index is 699. The molecule has 2 aromatic carbocycles. The molecule has 0 unspecified atom stereocenters. The molecule has 1 amide bonds. The lowest BCUT2D eigenvalue weighted by atomic mass is 10.1. The topological polar surface area (TPSA) is 32.3 Å². The van der Waals surface area contributed by atoms with Gasteiger partial charge in [-0.05, 0) is 62.7 Å². The van der Waals surface area contributed by atoms with Gasteiger partial charge in [0.05, 0.1) is 16.5 Å². The van der Waals surface area contributed by atoms with Crippen LogP contribution in [-0.4, -0.2) is 18.5 Å². The predicted octanol–water partition coefficient (Wildman–Crippen LogP) is 5.41. The van der Waals surface area contributed by atoms with E-state index in [4.69, 9.17) is 23.2 Å². The fourth-order valence-electron chi connectivity index (χ4n) is 2.62. The van der Waals surface area contributed by atoms with Gasteiger partial charge in [-0.25, -0.2) is 0 Å². The molecule has 128 valence electrons.